The highest BCUT2D eigenvalue weighted by molar-refractivity contribution is 5.94. The van der Waals surface area contributed by atoms with Gasteiger partial charge in [0.15, 0.2) is 0 Å². The lowest BCUT2D eigenvalue weighted by molar-refractivity contribution is -0.126. The zero-order valence-electron chi connectivity index (χ0n) is 15.4. The molecule has 1 N–H and O–H groups in total. The van der Waals surface area contributed by atoms with Crippen LogP contribution in [0.3, 0.4) is 0 Å². The molecule has 5 nitrogen and oxygen atoms in total. The molecule has 0 aliphatic carbocycles. The standard InChI is InChI=1S/C21H26N2O3/c1-3-15-5-7-16(8-6-15)18-11-19(20(24)22-4-2)13-23(12-18)21(25)17-9-10-26-14-17/h5-10,14,18-19H,3-4,11-13H2,1-2H3,(H,22,24)/t18-,19-/m0/s1. The first-order valence-electron chi connectivity index (χ1n) is 9.30. The van der Waals surface area contributed by atoms with Gasteiger partial charge in [-0.2, -0.15) is 0 Å². The van der Waals surface area contributed by atoms with Gasteiger partial charge in [-0.05, 0) is 37.0 Å². The Labute approximate surface area is 154 Å². The molecule has 1 aliphatic heterocycles. The number of likely N-dealkylation sites (tertiary alicyclic amines) is 1. The number of piperidine rings is 1. The van der Waals surface area contributed by atoms with E-state index in [2.05, 4.69) is 36.5 Å². The smallest absolute Gasteiger partial charge is 0.257 e. The normalized spacial score (nSPS) is 20.0. The molecule has 0 spiro atoms. The third-order valence-corrected chi connectivity index (χ3v) is 5.09. The van der Waals surface area contributed by atoms with Crippen molar-refractivity contribution in [2.24, 2.45) is 5.92 Å². The minimum atomic E-state index is -0.199. The average Bonchev–Trinajstić information content (AvgIpc) is 3.22. The number of aryl methyl sites for hydroxylation is 1. The summed E-state index contributed by atoms with van der Waals surface area (Å²) in [5, 5.41) is 2.90. The van der Waals surface area contributed by atoms with Gasteiger partial charge < -0.3 is 14.6 Å². The van der Waals surface area contributed by atoms with Gasteiger partial charge in [0.25, 0.3) is 5.91 Å². The number of rotatable bonds is 5. The van der Waals surface area contributed by atoms with Crippen molar-refractivity contribution >= 4 is 11.8 Å². The van der Waals surface area contributed by atoms with Crippen LogP contribution in [0.5, 0.6) is 0 Å². The lowest BCUT2D eigenvalue weighted by Crippen LogP contribution is -2.48. The number of carbonyl (C=O) groups is 2. The summed E-state index contributed by atoms with van der Waals surface area (Å²) in [7, 11) is 0. The van der Waals surface area contributed by atoms with Gasteiger partial charge in [0.05, 0.1) is 17.7 Å². The number of benzene rings is 1. The van der Waals surface area contributed by atoms with Crippen molar-refractivity contribution in [3.63, 3.8) is 0 Å². The molecule has 1 aliphatic rings. The zero-order valence-corrected chi connectivity index (χ0v) is 15.4. The Morgan fingerprint density at radius 2 is 1.92 bits per heavy atom. The lowest BCUT2D eigenvalue weighted by atomic mass is 9.83. The van der Waals surface area contributed by atoms with Crippen molar-refractivity contribution in [1.29, 1.82) is 0 Å². The van der Waals surface area contributed by atoms with Crippen molar-refractivity contribution in [3.8, 4) is 0 Å². The van der Waals surface area contributed by atoms with E-state index >= 15 is 0 Å². The fraction of sp³-hybridized carbons (Fsp3) is 0.429. The van der Waals surface area contributed by atoms with Crippen molar-refractivity contribution in [3.05, 3.63) is 59.5 Å². The minimum absolute atomic E-state index is 0.0207. The summed E-state index contributed by atoms with van der Waals surface area (Å²) < 4.78 is 5.05. The van der Waals surface area contributed by atoms with Crippen LogP contribution in [-0.2, 0) is 11.2 Å². The van der Waals surface area contributed by atoms with Gasteiger partial charge in [0.2, 0.25) is 5.91 Å². The van der Waals surface area contributed by atoms with E-state index in [-0.39, 0.29) is 23.7 Å². The molecule has 26 heavy (non-hydrogen) atoms. The van der Waals surface area contributed by atoms with E-state index in [1.54, 1.807) is 11.0 Å². The Morgan fingerprint density at radius 1 is 1.15 bits per heavy atom. The molecule has 2 amide bonds. The van der Waals surface area contributed by atoms with E-state index < -0.39 is 0 Å². The van der Waals surface area contributed by atoms with Crippen LogP contribution in [0.15, 0.2) is 47.3 Å². The predicted octanol–water partition coefficient (Wildman–Crippen LogP) is 3.22. The summed E-state index contributed by atoms with van der Waals surface area (Å²) in [6, 6.07) is 10.2. The Hall–Kier alpha value is -2.56. The highest BCUT2D eigenvalue weighted by Crippen LogP contribution is 2.31. The summed E-state index contributed by atoms with van der Waals surface area (Å²) in [6.07, 6.45) is 4.71. The first-order valence-corrected chi connectivity index (χ1v) is 9.30. The summed E-state index contributed by atoms with van der Waals surface area (Å²) in [4.78, 5) is 27.0. The zero-order chi connectivity index (χ0) is 18.5. The van der Waals surface area contributed by atoms with Crippen LogP contribution < -0.4 is 5.32 Å². The Kier molecular flexibility index (Phi) is 5.76. The molecule has 1 aromatic carbocycles. The largest absolute Gasteiger partial charge is 0.472 e. The minimum Gasteiger partial charge on any atom is -0.472 e. The first-order chi connectivity index (χ1) is 12.6. The van der Waals surface area contributed by atoms with Gasteiger partial charge in [0, 0.05) is 25.6 Å². The number of nitrogens with zero attached hydrogens (tertiary/aromatic N) is 1. The molecule has 1 saturated heterocycles. The van der Waals surface area contributed by atoms with Crippen LogP contribution in [0.25, 0.3) is 0 Å². The maximum Gasteiger partial charge on any atom is 0.257 e. The van der Waals surface area contributed by atoms with E-state index in [0.29, 0.717) is 25.2 Å². The van der Waals surface area contributed by atoms with Crippen molar-refractivity contribution in [2.75, 3.05) is 19.6 Å². The van der Waals surface area contributed by atoms with Crippen LogP contribution in [0, 0.1) is 5.92 Å². The second-order valence-corrected chi connectivity index (χ2v) is 6.84. The molecule has 5 heteroatoms. The molecule has 0 unspecified atom stereocenters. The summed E-state index contributed by atoms with van der Waals surface area (Å²) in [6.45, 7) is 5.70. The van der Waals surface area contributed by atoms with Crippen molar-refractivity contribution in [1.82, 2.24) is 10.2 Å². The van der Waals surface area contributed by atoms with Crippen LogP contribution in [0.1, 0.15) is 47.7 Å². The van der Waals surface area contributed by atoms with Crippen LogP contribution >= 0.6 is 0 Å². The Balaban J connectivity index is 1.83. The van der Waals surface area contributed by atoms with Gasteiger partial charge in [0.1, 0.15) is 6.26 Å². The lowest BCUT2D eigenvalue weighted by Gasteiger charge is -2.37. The third-order valence-electron chi connectivity index (χ3n) is 5.09. The molecule has 2 heterocycles. The second-order valence-electron chi connectivity index (χ2n) is 6.84. The molecule has 2 aromatic rings. The van der Waals surface area contributed by atoms with Crippen LogP contribution in [-0.4, -0.2) is 36.3 Å². The molecular formula is C21H26N2O3. The molecule has 0 radical (unpaired) electrons. The molecule has 138 valence electrons. The van der Waals surface area contributed by atoms with Gasteiger partial charge in [-0.1, -0.05) is 31.2 Å². The highest BCUT2D eigenvalue weighted by Gasteiger charge is 2.34. The van der Waals surface area contributed by atoms with E-state index in [4.69, 9.17) is 4.42 Å². The molecular weight excluding hydrogens is 328 g/mol. The number of hydrogen-bond acceptors (Lipinski definition) is 3. The van der Waals surface area contributed by atoms with Crippen molar-refractivity contribution in [2.45, 2.75) is 32.6 Å². The number of nitrogens with one attached hydrogen (secondary N) is 1. The molecule has 2 atom stereocenters. The Bertz CT molecular complexity index is 737. The monoisotopic (exact) mass is 354 g/mol. The van der Waals surface area contributed by atoms with Gasteiger partial charge >= 0.3 is 0 Å². The Morgan fingerprint density at radius 3 is 2.54 bits per heavy atom. The average molecular weight is 354 g/mol. The topological polar surface area (TPSA) is 62.6 Å². The molecule has 1 fully saturated rings. The fourth-order valence-corrected chi connectivity index (χ4v) is 3.61. The molecule has 1 aromatic heterocycles. The maximum absolute atomic E-state index is 12.8. The summed E-state index contributed by atoms with van der Waals surface area (Å²) in [5.74, 6) is -0.108. The molecule has 0 bridgehead atoms. The number of furan rings is 1. The van der Waals surface area contributed by atoms with E-state index in [0.717, 1.165) is 12.8 Å². The van der Waals surface area contributed by atoms with Gasteiger partial charge in [-0.15, -0.1) is 0 Å². The van der Waals surface area contributed by atoms with Gasteiger partial charge in [-0.3, -0.25) is 9.59 Å². The van der Waals surface area contributed by atoms with Crippen molar-refractivity contribution < 1.29 is 14.0 Å². The third kappa shape index (κ3) is 3.98. The van der Waals surface area contributed by atoms with E-state index in [1.165, 1.54) is 23.7 Å². The van der Waals surface area contributed by atoms with Crippen LogP contribution in [0.2, 0.25) is 0 Å². The molecule has 3 rings (SSSR count). The summed E-state index contributed by atoms with van der Waals surface area (Å²) >= 11 is 0. The SMILES string of the molecule is CCNC(=O)[C@H]1C[C@H](c2ccc(CC)cc2)CN(C(=O)c2ccoc2)C1. The quantitative estimate of drug-likeness (QED) is 0.897. The highest BCUT2D eigenvalue weighted by atomic mass is 16.3. The maximum atomic E-state index is 12.8. The van der Waals surface area contributed by atoms with Gasteiger partial charge in [-0.25, -0.2) is 0 Å². The number of hydrogen-bond donors (Lipinski definition) is 1. The van der Waals surface area contributed by atoms with Crippen LogP contribution in [0.4, 0.5) is 0 Å². The second kappa shape index (κ2) is 8.21. The molecule has 0 saturated carbocycles. The number of amides is 2. The fourth-order valence-electron chi connectivity index (χ4n) is 3.61. The van der Waals surface area contributed by atoms with E-state index in [1.807, 2.05) is 6.92 Å². The first kappa shape index (κ1) is 18.2. The van der Waals surface area contributed by atoms with E-state index in [9.17, 15) is 9.59 Å². The number of carbonyl (C=O) groups excluding carboxylic acids is 2. The summed E-state index contributed by atoms with van der Waals surface area (Å²) in [5.41, 5.74) is 3.00. The predicted molar refractivity (Wildman–Crippen MR) is 100.0 cm³/mol.